The first kappa shape index (κ1) is 20.7. The molecular weight excluding hydrogens is 392 g/mol. The van der Waals surface area contributed by atoms with Gasteiger partial charge in [0.15, 0.2) is 11.5 Å². The first-order valence-electron chi connectivity index (χ1n) is 10.4. The summed E-state index contributed by atoms with van der Waals surface area (Å²) < 4.78 is 16.2. The average molecular weight is 418 g/mol. The van der Waals surface area contributed by atoms with Crippen LogP contribution < -0.4 is 19.5 Å². The van der Waals surface area contributed by atoms with E-state index in [0.717, 1.165) is 53.3 Å². The van der Waals surface area contributed by atoms with Gasteiger partial charge < -0.3 is 19.5 Å². The van der Waals surface area contributed by atoms with Crippen LogP contribution in [0.1, 0.15) is 30.4 Å². The molecule has 0 atom stereocenters. The minimum absolute atomic E-state index is 0.0356. The molecule has 1 aromatic heterocycles. The van der Waals surface area contributed by atoms with E-state index >= 15 is 0 Å². The minimum atomic E-state index is -0.0356. The van der Waals surface area contributed by atoms with Gasteiger partial charge in [-0.05, 0) is 68.1 Å². The van der Waals surface area contributed by atoms with Gasteiger partial charge in [0.2, 0.25) is 12.7 Å². The van der Waals surface area contributed by atoms with Crippen LogP contribution in [0.25, 0.3) is 11.3 Å². The molecule has 6 heteroatoms. The maximum atomic E-state index is 12.4. The Morgan fingerprint density at radius 1 is 1.06 bits per heavy atom. The highest BCUT2D eigenvalue weighted by atomic mass is 16.7. The summed E-state index contributed by atoms with van der Waals surface area (Å²) in [4.78, 5) is 17.0. The molecule has 1 amide bonds. The van der Waals surface area contributed by atoms with Gasteiger partial charge in [-0.1, -0.05) is 23.8 Å². The van der Waals surface area contributed by atoms with Gasteiger partial charge in [0.05, 0.1) is 12.8 Å². The molecule has 0 bridgehead atoms. The van der Waals surface area contributed by atoms with E-state index in [4.69, 9.17) is 14.2 Å². The molecule has 2 aromatic carbocycles. The normalized spacial score (nSPS) is 11.9. The van der Waals surface area contributed by atoms with E-state index in [1.807, 2.05) is 55.5 Å². The van der Waals surface area contributed by atoms with Gasteiger partial charge in [0.1, 0.15) is 11.6 Å². The smallest absolute Gasteiger partial charge is 0.231 e. The second-order valence-electron chi connectivity index (χ2n) is 7.55. The molecule has 31 heavy (non-hydrogen) atoms. The zero-order valence-corrected chi connectivity index (χ0v) is 17.8. The zero-order chi connectivity index (χ0) is 21.6. The van der Waals surface area contributed by atoms with E-state index in [1.165, 1.54) is 5.56 Å². The predicted octanol–water partition coefficient (Wildman–Crippen LogP) is 5.15. The number of nitrogens with zero attached hydrogens (tertiary/aromatic N) is 1. The van der Waals surface area contributed by atoms with Crippen LogP contribution in [0.3, 0.4) is 0 Å². The average Bonchev–Trinajstić information content (AvgIpc) is 3.25. The maximum Gasteiger partial charge on any atom is 0.231 e. The van der Waals surface area contributed by atoms with Crippen molar-refractivity contribution in [3.8, 4) is 28.5 Å². The molecule has 2 heterocycles. The van der Waals surface area contributed by atoms with Crippen LogP contribution >= 0.6 is 0 Å². The molecule has 0 saturated heterocycles. The lowest BCUT2D eigenvalue weighted by Crippen LogP contribution is -2.12. The third-order valence-electron chi connectivity index (χ3n) is 5.20. The number of aromatic nitrogens is 1. The van der Waals surface area contributed by atoms with Gasteiger partial charge in [-0.25, -0.2) is 4.98 Å². The van der Waals surface area contributed by atoms with Crippen molar-refractivity contribution in [3.63, 3.8) is 0 Å². The van der Waals surface area contributed by atoms with Gasteiger partial charge in [-0.15, -0.1) is 0 Å². The second-order valence-corrected chi connectivity index (χ2v) is 7.55. The highest BCUT2D eigenvalue weighted by Crippen LogP contribution is 2.33. The Bertz CT molecular complexity index is 1080. The number of hydrogen-bond acceptors (Lipinski definition) is 5. The summed E-state index contributed by atoms with van der Waals surface area (Å²) in [6.45, 7) is 2.31. The summed E-state index contributed by atoms with van der Waals surface area (Å²) in [6, 6.07) is 17.6. The number of benzene rings is 2. The van der Waals surface area contributed by atoms with Crippen LogP contribution in [0, 0.1) is 6.92 Å². The Morgan fingerprint density at radius 3 is 2.81 bits per heavy atom. The number of ether oxygens (including phenoxy) is 3. The molecule has 1 aliphatic heterocycles. The van der Waals surface area contributed by atoms with Crippen molar-refractivity contribution < 1.29 is 19.0 Å². The first-order chi connectivity index (χ1) is 15.1. The van der Waals surface area contributed by atoms with E-state index in [9.17, 15) is 4.79 Å². The Hall–Kier alpha value is -3.54. The number of rotatable bonds is 8. The minimum Gasteiger partial charge on any atom is -0.496 e. The van der Waals surface area contributed by atoms with E-state index in [2.05, 4.69) is 10.3 Å². The predicted molar refractivity (Wildman–Crippen MR) is 120 cm³/mol. The lowest BCUT2D eigenvalue weighted by Gasteiger charge is -2.11. The number of unbranched alkanes of at least 4 members (excludes halogenated alkanes) is 1. The summed E-state index contributed by atoms with van der Waals surface area (Å²) in [7, 11) is 1.64. The molecule has 6 nitrogen and oxygen atoms in total. The van der Waals surface area contributed by atoms with E-state index < -0.39 is 0 Å². The van der Waals surface area contributed by atoms with Crippen LogP contribution in [0.15, 0.2) is 54.6 Å². The van der Waals surface area contributed by atoms with Crippen molar-refractivity contribution in [2.45, 2.75) is 32.6 Å². The SMILES string of the molecule is COc1ccc(C)cc1-c1cccc(NC(=O)CCCCc2ccc3c(c2)OCO3)n1. The highest BCUT2D eigenvalue weighted by Gasteiger charge is 2.13. The topological polar surface area (TPSA) is 69.7 Å². The van der Waals surface area contributed by atoms with Gasteiger partial charge >= 0.3 is 0 Å². The Balaban J connectivity index is 1.30. The van der Waals surface area contributed by atoms with Crippen LogP contribution in [-0.4, -0.2) is 24.8 Å². The van der Waals surface area contributed by atoms with Gasteiger partial charge in [0, 0.05) is 12.0 Å². The summed E-state index contributed by atoms with van der Waals surface area (Å²) in [5.41, 5.74) is 3.98. The van der Waals surface area contributed by atoms with E-state index in [-0.39, 0.29) is 12.7 Å². The van der Waals surface area contributed by atoms with Crippen molar-refractivity contribution in [2.24, 2.45) is 0 Å². The molecular formula is C25H26N2O4. The van der Waals surface area contributed by atoms with Gasteiger partial charge in [-0.3, -0.25) is 4.79 Å². The van der Waals surface area contributed by atoms with Crippen molar-refractivity contribution in [1.82, 2.24) is 4.98 Å². The summed E-state index contributed by atoms with van der Waals surface area (Å²) >= 11 is 0. The number of hydrogen-bond donors (Lipinski definition) is 1. The fourth-order valence-electron chi connectivity index (χ4n) is 3.59. The number of carbonyl (C=O) groups is 1. The van der Waals surface area contributed by atoms with E-state index in [0.29, 0.717) is 12.2 Å². The molecule has 1 N–H and O–H groups in total. The molecule has 0 aliphatic carbocycles. The lowest BCUT2D eigenvalue weighted by molar-refractivity contribution is -0.116. The quantitative estimate of drug-likeness (QED) is 0.513. The van der Waals surface area contributed by atoms with Crippen molar-refractivity contribution in [3.05, 3.63) is 65.7 Å². The Labute approximate surface area is 182 Å². The number of methoxy groups -OCH3 is 1. The Morgan fingerprint density at radius 2 is 1.94 bits per heavy atom. The summed E-state index contributed by atoms with van der Waals surface area (Å²) in [5.74, 6) is 2.85. The summed E-state index contributed by atoms with van der Waals surface area (Å²) in [6.07, 6.45) is 3.06. The number of aryl methyl sites for hydroxylation is 2. The number of pyridine rings is 1. The number of carbonyl (C=O) groups excluding carboxylic acids is 1. The standard InChI is InChI=1S/C25H26N2O4/c1-17-10-12-21(29-2)19(14-17)20-7-5-8-24(26-20)27-25(28)9-4-3-6-18-11-13-22-23(15-18)31-16-30-22/h5,7-8,10-15H,3-4,6,9,16H2,1-2H3,(H,26,27,28). The van der Waals surface area contributed by atoms with Crippen molar-refractivity contribution >= 4 is 11.7 Å². The van der Waals surface area contributed by atoms with Crippen LogP contribution in [0.2, 0.25) is 0 Å². The van der Waals surface area contributed by atoms with Crippen LogP contribution in [0.5, 0.6) is 17.2 Å². The fraction of sp³-hybridized carbons (Fsp3) is 0.280. The molecule has 0 unspecified atom stereocenters. The molecule has 0 radical (unpaired) electrons. The first-order valence-corrected chi connectivity index (χ1v) is 10.4. The monoisotopic (exact) mass is 418 g/mol. The van der Waals surface area contributed by atoms with E-state index in [1.54, 1.807) is 13.2 Å². The number of amides is 1. The molecule has 0 saturated carbocycles. The highest BCUT2D eigenvalue weighted by molar-refractivity contribution is 5.90. The summed E-state index contributed by atoms with van der Waals surface area (Å²) in [5, 5.41) is 2.91. The number of anilines is 1. The van der Waals surface area contributed by atoms with Crippen LogP contribution in [0.4, 0.5) is 5.82 Å². The second kappa shape index (κ2) is 9.51. The van der Waals surface area contributed by atoms with Crippen LogP contribution in [-0.2, 0) is 11.2 Å². The molecule has 4 rings (SSSR count). The van der Waals surface area contributed by atoms with Gasteiger partial charge in [-0.2, -0.15) is 0 Å². The lowest BCUT2D eigenvalue weighted by atomic mass is 10.1. The number of nitrogens with one attached hydrogen (secondary N) is 1. The molecule has 0 spiro atoms. The number of fused-ring (bicyclic) bond motifs is 1. The third-order valence-corrected chi connectivity index (χ3v) is 5.20. The van der Waals surface area contributed by atoms with Crippen molar-refractivity contribution in [2.75, 3.05) is 19.2 Å². The van der Waals surface area contributed by atoms with Crippen molar-refractivity contribution in [1.29, 1.82) is 0 Å². The Kier molecular flexibility index (Phi) is 6.36. The molecule has 0 fully saturated rings. The maximum absolute atomic E-state index is 12.4. The third kappa shape index (κ3) is 5.15. The fourth-order valence-corrected chi connectivity index (χ4v) is 3.59. The molecule has 3 aromatic rings. The molecule has 1 aliphatic rings. The van der Waals surface area contributed by atoms with Gasteiger partial charge in [0.25, 0.3) is 0 Å². The molecule has 160 valence electrons. The zero-order valence-electron chi connectivity index (χ0n) is 17.8. The largest absolute Gasteiger partial charge is 0.496 e.